The van der Waals surface area contributed by atoms with Crippen LogP contribution in [0.1, 0.15) is 71.0 Å². The van der Waals surface area contributed by atoms with Gasteiger partial charge >= 0.3 is 35.5 Å². The van der Waals surface area contributed by atoms with Crippen LogP contribution in [0, 0.1) is 5.41 Å². The normalized spacial score (nSPS) is 11.7. The van der Waals surface area contributed by atoms with Gasteiger partial charge in [-0.15, -0.1) is 11.8 Å². The summed E-state index contributed by atoms with van der Waals surface area (Å²) in [5, 5.41) is 11.2. The van der Waals surface area contributed by atoms with E-state index in [-0.39, 0.29) is 34.3 Å². The molecule has 248 valence electrons. The molecule has 5 rings (SSSR count). The average Bonchev–Trinajstić information content (AvgIpc) is 3.30. The molecule has 7 nitrogen and oxygen atoms in total. The van der Waals surface area contributed by atoms with Gasteiger partial charge in [0.25, 0.3) is 0 Å². The topological polar surface area (TPSA) is 86.5 Å². The molecule has 0 aliphatic heterocycles. The Balaban J connectivity index is 0.00000520. The van der Waals surface area contributed by atoms with E-state index in [0.717, 1.165) is 56.0 Å². The Morgan fingerprint density at radius 3 is 2.15 bits per heavy atom. The Hall–Kier alpha value is -3.30. The monoisotopic (exact) mass is 675 g/mol. The molecule has 3 heterocycles. The second kappa shape index (κ2) is 15.9. The van der Waals surface area contributed by atoms with Crippen LogP contribution in [-0.4, -0.2) is 66.5 Å². The minimum atomic E-state index is -0.959. The van der Waals surface area contributed by atoms with Gasteiger partial charge in [-0.2, -0.15) is 0 Å². The molecule has 0 unspecified atom stereocenters. The molecule has 0 saturated heterocycles. The van der Waals surface area contributed by atoms with E-state index in [4.69, 9.17) is 9.47 Å². The first-order chi connectivity index (χ1) is 22.4. The number of hydrogen-bond acceptors (Lipinski definition) is 6. The molecule has 0 radical (unpaired) electrons. The number of rotatable bonds is 13. The summed E-state index contributed by atoms with van der Waals surface area (Å²) in [6, 6.07) is 22.7. The molecule has 0 aliphatic carbocycles. The predicted octanol–water partition coefficient (Wildman–Crippen LogP) is 8.58. The number of carboxylic acids is 1. The number of aryl methyl sites for hydroxylation is 1. The van der Waals surface area contributed by atoms with Crippen LogP contribution in [0.15, 0.2) is 84.0 Å². The number of ether oxygens (including phenoxy) is 2. The van der Waals surface area contributed by atoms with Crippen molar-refractivity contribution >= 4 is 58.2 Å². The van der Waals surface area contributed by atoms with Crippen molar-refractivity contribution in [2.75, 3.05) is 6.61 Å². The summed E-state index contributed by atoms with van der Waals surface area (Å²) in [6.45, 7) is 15.8. The number of benzene rings is 2. The standard InChI is InChI=1S/C39H45N3O4S.Na.H/c1-8-26-12-16-30(40-22-26)25-46-31-17-18-33-32(20-31)36(47-38(3,4)5)34(21-39(6,7)37(43)44)42(33)24-27-10-13-28(14-11-27)29-15-19-35(41-23-29)45-9-2;;/h10-20,22-23H,8-9,21,24-25H2,1-7H3,(H,43,44);;. The first-order valence-electron chi connectivity index (χ1n) is 16.2. The van der Waals surface area contributed by atoms with Crippen molar-refractivity contribution < 1.29 is 19.4 Å². The fourth-order valence-electron chi connectivity index (χ4n) is 5.39. The van der Waals surface area contributed by atoms with Gasteiger partial charge < -0.3 is 19.1 Å². The molecule has 0 amide bonds. The van der Waals surface area contributed by atoms with Crippen molar-refractivity contribution in [1.82, 2.24) is 14.5 Å². The molecule has 1 N–H and O–H groups in total. The van der Waals surface area contributed by atoms with Gasteiger partial charge in [-0.3, -0.25) is 9.78 Å². The first kappa shape index (κ1) is 37.5. The van der Waals surface area contributed by atoms with Gasteiger partial charge in [0.1, 0.15) is 12.4 Å². The average molecular weight is 676 g/mol. The van der Waals surface area contributed by atoms with Crippen LogP contribution >= 0.6 is 11.8 Å². The van der Waals surface area contributed by atoms with E-state index in [1.165, 1.54) is 5.56 Å². The van der Waals surface area contributed by atoms with E-state index in [0.29, 0.717) is 32.1 Å². The van der Waals surface area contributed by atoms with Crippen LogP contribution in [-0.2, 0) is 30.8 Å². The summed E-state index contributed by atoms with van der Waals surface area (Å²) >= 11 is 1.77. The van der Waals surface area contributed by atoms with Crippen molar-refractivity contribution in [3.63, 3.8) is 0 Å². The summed E-state index contributed by atoms with van der Waals surface area (Å²) in [6.07, 6.45) is 5.06. The van der Waals surface area contributed by atoms with Crippen LogP contribution in [0.2, 0.25) is 0 Å². The number of pyridine rings is 2. The van der Waals surface area contributed by atoms with Crippen LogP contribution in [0.4, 0.5) is 0 Å². The summed E-state index contributed by atoms with van der Waals surface area (Å²) in [5.74, 6) is 0.549. The van der Waals surface area contributed by atoms with E-state index in [1.807, 2.05) is 43.6 Å². The molecule has 0 spiro atoms. The molecule has 5 aromatic rings. The van der Waals surface area contributed by atoms with Gasteiger partial charge in [0.15, 0.2) is 0 Å². The summed E-state index contributed by atoms with van der Waals surface area (Å²) in [7, 11) is 0. The van der Waals surface area contributed by atoms with Crippen molar-refractivity contribution in [1.29, 1.82) is 0 Å². The fraction of sp³-hybridized carbons (Fsp3) is 0.359. The van der Waals surface area contributed by atoms with Gasteiger partial charge in [0, 0.05) is 63.2 Å². The van der Waals surface area contributed by atoms with Crippen molar-refractivity contribution in [3.8, 4) is 22.8 Å². The van der Waals surface area contributed by atoms with E-state index < -0.39 is 11.4 Å². The number of hydrogen-bond donors (Lipinski definition) is 1. The number of thioether (sulfide) groups is 1. The molecule has 9 heteroatoms. The molecule has 3 aromatic heterocycles. The Morgan fingerprint density at radius 2 is 1.56 bits per heavy atom. The third-order valence-corrected chi connectivity index (χ3v) is 9.30. The fourth-order valence-corrected chi connectivity index (χ4v) is 6.58. The summed E-state index contributed by atoms with van der Waals surface area (Å²) in [5.41, 5.74) is 6.37. The summed E-state index contributed by atoms with van der Waals surface area (Å²) in [4.78, 5) is 22.5. The van der Waals surface area contributed by atoms with Crippen molar-refractivity contribution in [3.05, 3.63) is 102 Å². The zero-order valence-electron chi connectivity index (χ0n) is 28.5. The van der Waals surface area contributed by atoms with Gasteiger partial charge in [-0.05, 0) is 74.2 Å². The quantitative estimate of drug-likeness (QED) is 0.0988. The maximum absolute atomic E-state index is 12.4. The number of fused-ring (bicyclic) bond motifs is 1. The Bertz CT molecular complexity index is 1830. The second-order valence-corrected chi connectivity index (χ2v) is 15.3. The van der Waals surface area contributed by atoms with Gasteiger partial charge in [-0.1, -0.05) is 58.0 Å². The first-order valence-corrected chi connectivity index (χ1v) is 17.0. The van der Waals surface area contributed by atoms with Gasteiger partial charge in [0.2, 0.25) is 5.88 Å². The zero-order valence-corrected chi connectivity index (χ0v) is 29.3. The van der Waals surface area contributed by atoms with Gasteiger partial charge in [-0.25, -0.2) is 4.98 Å². The number of carbonyl (C=O) groups is 1. The Morgan fingerprint density at radius 1 is 0.854 bits per heavy atom. The van der Waals surface area contributed by atoms with Crippen LogP contribution in [0.3, 0.4) is 0 Å². The molecular formula is C39H46N3NaO4S. The summed E-state index contributed by atoms with van der Waals surface area (Å²) < 4.78 is 13.9. The third kappa shape index (κ3) is 9.23. The van der Waals surface area contributed by atoms with Crippen molar-refractivity contribution in [2.24, 2.45) is 5.41 Å². The Kier molecular flexibility index (Phi) is 12.5. The second-order valence-electron chi connectivity index (χ2n) is 13.4. The number of nitrogens with zero attached hydrogens (tertiary/aromatic N) is 3. The molecular weight excluding hydrogens is 630 g/mol. The van der Waals surface area contributed by atoms with E-state index in [1.54, 1.807) is 25.6 Å². The maximum atomic E-state index is 12.4. The van der Waals surface area contributed by atoms with Crippen molar-refractivity contribution in [2.45, 2.75) is 84.1 Å². The van der Waals surface area contributed by atoms with E-state index in [9.17, 15) is 9.90 Å². The predicted molar refractivity (Wildman–Crippen MR) is 198 cm³/mol. The van der Waals surface area contributed by atoms with E-state index in [2.05, 4.69) is 84.7 Å². The number of aromatic nitrogens is 3. The molecule has 0 atom stereocenters. The number of aliphatic carboxylic acids is 1. The molecule has 0 bridgehead atoms. The molecule has 2 aromatic carbocycles. The van der Waals surface area contributed by atoms with Gasteiger partial charge in [0.05, 0.1) is 17.7 Å². The molecule has 0 saturated carbocycles. The minimum absolute atomic E-state index is 0. The van der Waals surface area contributed by atoms with Crippen LogP contribution < -0.4 is 9.47 Å². The third-order valence-electron chi connectivity index (χ3n) is 8.03. The molecule has 48 heavy (non-hydrogen) atoms. The SMILES string of the molecule is CCOc1ccc(-c2ccc(Cn3c(CC(C)(C)C(=O)O)c(SC(C)(C)C)c4cc(OCc5ccc(CC)cn5)ccc43)cc2)cn1.[NaH]. The molecule has 0 fully saturated rings. The van der Waals surface area contributed by atoms with Crippen LogP contribution in [0.25, 0.3) is 22.0 Å². The number of carboxylic acid groups (broad SMARTS) is 1. The zero-order chi connectivity index (χ0) is 33.8. The van der Waals surface area contributed by atoms with Crippen LogP contribution in [0.5, 0.6) is 11.6 Å². The van der Waals surface area contributed by atoms with E-state index >= 15 is 0 Å². The Labute approximate surface area is 310 Å². The molecule has 0 aliphatic rings.